The summed E-state index contributed by atoms with van der Waals surface area (Å²) in [5, 5.41) is 0.160. The van der Waals surface area contributed by atoms with Gasteiger partial charge < -0.3 is 4.98 Å². The fourth-order valence-corrected chi connectivity index (χ4v) is 5.60. The van der Waals surface area contributed by atoms with Crippen LogP contribution in [-0.4, -0.2) is 44.1 Å². The minimum Gasteiger partial charge on any atom is -0.345 e. The Hall–Kier alpha value is -3.78. The van der Waals surface area contributed by atoms with Gasteiger partial charge in [-0.25, -0.2) is 30.6 Å². The van der Waals surface area contributed by atoms with Crippen molar-refractivity contribution < 1.29 is 39.2 Å². The molecule has 200 valence electrons. The van der Waals surface area contributed by atoms with Gasteiger partial charge in [-0.05, 0) is 42.3 Å². The average molecular weight is 570 g/mol. The lowest BCUT2D eigenvalue weighted by atomic mass is 10.00. The summed E-state index contributed by atoms with van der Waals surface area (Å²) in [5.74, 6) is -7.57. The maximum Gasteiger partial charge on any atom is 0.341 e. The Balaban J connectivity index is 1.74. The van der Waals surface area contributed by atoms with Gasteiger partial charge >= 0.3 is 5.76 Å². The highest BCUT2D eigenvalue weighted by atomic mass is 32.2. The standard InChI is InChI=1S/C24H19F4N3O5S2/c1-2-9-37(33,34)31-19-8-7-18(25)20(21(19)26)22(32)17-12-30-23-16(17)10-14(11-29-23)13-3-5-15(6-4-13)38(35,36)24(27)28/h3-8,10-12,24,31H,2,9H2,1H3,(H,29,30). The second-order valence-electron chi connectivity index (χ2n) is 8.19. The van der Waals surface area contributed by atoms with E-state index in [2.05, 4.69) is 9.97 Å². The topological polar surface area (TPSA) is 126 Å². The van der Waals surface area contributed by atoms with E-state index in [0.717, 1.165) is 24.3 Å². The number of nitrogens with zero attached hydrogens (tertiary/aromatic N) is 1. The van der Waals surface area contributed by atoms with Gasteiger partial charge in [-0.2, -0.15) is 8.78 Å². The normalized spacial score (nSPS) is 12.3. The number of H-pyrrole nitrogens is 1. The van der Waals surface area contributed by atoms with Crippen LogP contribution in [-0.2, 0) is 19.9 Å². The third-order valence-corrected chi connectivity index (χ3v) is 8.46. The first kappa shape index (κ1) is 27.3. The summed E-state index contributed by atoms with van der Waals surface area (Å²) >= 11 is 0. The third-order valence-electron chi connectivity index (χ3n) is 5.58. The van der Waals surface area contributed by atoms with Gasteiger partial charge in [0.05, 0.1) is 21.9 Å². The minimum atomic E-state index is -4.79. The van der Waals surface area contributed by atoms with Crippen LogP contribution in [0.3, 0.4) is 0 Å². The number of sulfonamides is 1. The zero-order chi connectivity index (χ0) is 27.8. The molecule has 0 aliphatic heterocycles. The number of halogens is 4. The predicted octanol–water partition coefficient (Wildman–Crippen LogP) is 4.89. The number of anilines is 1. The molecule has 0 bridgehead atoms. The highest BCUT2D eigenvalue weighted by molar-refractivity contribution is 7.92. The van der Waals surface area contributed by atoms with Gasteiger partial charge in [-0.1, -0.05) is 19.1 Å². The molecule has 8 nitrogen and oxygen atoms in total. The number of hydrogen-bond acceptors (Lipinski definition) is 6. The van der Waals surface area contributed by atoms with Crippen molar-refractivity contribution in [2.24, 2.45) is 0 Å². The number of sulfone groups is 1. The SMILES string of the molecule is CCCS(=O)(=O)Nc1ccc(F)c(C(=O)c2c[nH]c3ncc(-c4ccc(S(=O)(=O)C(F)F)cc4)cc23)c1F. The Morgan fingerprint density at radius 1 is 1.03 bits per heavy atom. The molecular formula is C24H19F4N3O5S2. The molecule has 0 saturated heterocycles. The number of ketones is 1. The molecule has 0 aliphatic rings. The first-order chi connectivity index (χ1) is 17.9. The van der Waals surface area contributed by atoms with Crippen LogP contribution in [0, 0.1) is 11.6 Å². The zero-order valence-electron chi connectivity index (χ0n) is 19.5. The van der Waals surface area contributed by atoms with E-state index in [4.69, 9.17) is 0 Å². The smallest absolute Gasteiger partial charge is 0.341 e. The fourth-order valence-electron chi connectivity index (χ4n) is 3.75. The highest BCUT2D eigenvalue weighted by Crippen LogP contribution is 2.30. The second-order valence-corrected chi connectivity index (χ2v) is 11.9. The Morgan fingerprint density at radius 2 is 1.71 bits per heavy atom. The van der Waals surface area contributed by atoms with Crippen LogP contribution in [0.1, 0.15) is 29.3 Å². The van der Waals surface area contributed by atoms with Crippen LogP contribution < -0.4 is 4.72 Å². The minimum absolute atomic E-state index is 0.160. The molecule has 0 spiro atoms. The summed E-state index contributed by atoms with van der Waals surface area (Å²) in [5.41, 5.74) is -0.812. The van der Waals surface area contributed by atoms with E-state index in [1.807, 2.05) is 4.72 Å². The van der Waals surface area contributed by atoms with Crippen molar-refractivity contribution in [1.29, 1.82) is 0 Å². The maximum atomic E-state index is 15.2. The van der Waals surface area contributed by atoms with E-state index in [-0.39, 0.29) is 28.8 Å². The molecule has 0 fully saturated rings. The van der Waals surface area contributed by atoms with E-state index in [1.54, 1.807) is 6.92 Å². The molecule has 14 heteroatoms. The molecule has 0 radical (unpaired) electrons. The van der Waals surface area contributed by atoms with Crippen molar-refractivity contribution in [2.45, 2.75) is 24.0 Å². The van der Waals surface area contributed by atoms with Crippen molar-refractivity contribution in [3.8, 4) is 11.1 Å². The molecule has 0 unspecified atom stereocenters. The van der Waals surface area contributed by atoms with Crippen molar-refractivity contribution >= 4 is 42.4 Å². The van der Waals surface area contributed by atoms with Gasteiger partial charge in [0.25, 0.3) is 0 Å². The van der Waals surface area contributed by atoms with Crippen LogP contribution in [0.2, 0.25) is 0 Å². The Bertz CT molecular complexity index is 1750. The fraction of sp³-hybridized carbons (Fsp3) is 0.167. The highest BCUT2D eigenvalue weighted by Gasteiger charge is 2.27. The quantitative estimate of drug-likeness (QED) is 0.218. The van der Waals surface area contributed by atoms with E-state index < -0.39 is 59.2 Å². The molecule has 2 heterocycles. The first-order valence-electron chi connectivity index (χ1n) is 11.0. The number of fused-ring (bicyclic) bond motifs is 1. The number of carbonyl (C=O) groups is 1. The molecule has 2 N–H and O–H groups in total. The zero-order valence-corrected chi connectivity index (χ0v) is 21.1. The molecule has 4 rings (SSSR count). The van der Waals surface area contributed by atoms with E-state index in [1.165, 1.54) is 30.6 Å². The molecule has 0 amide bonds. The van der Waals surface area contributed by atoms with Crippen LogP contribution in [0.15, 0.2) is 59.8 Å². The number of aromatic nitrogens is 2. The van der Waals surface area contributed by atoms with E-state index in [9.17, 15) is 34.8 Å². The van der Waals surface area contributed by atoms with Crippen LogP contribution in [0.4, 0.5) is 23.2 Å². The molecule has 0 aliphatic carbocycles. The summed E-state index contributed by atoms with van der Waals surface area (Å²) < 4.78 is 105. The maximum absolute atomic E-state index is 15.2. The predicted molar refractivity (Wildman–Crippen MR) is 132 cm³/mol. The summed E-state index contributed by atoms with van der Waals surface area (Å²) in [6.07, 6.45) is 2.81. The van der Waals surface area contributed by atoms with Gasteiger partial charge in [0, 0.05) is 28.9 Å². The lowest BCUT2D eigenvalue weighted by Gasteiger charge is -2.11. The number of alkyl halides is 2. The van der Waals surface area contributed by atoms with Crippen molar-refractivity contribution in [3.63, 3.8) is 0 Å². The Kier molecular flexibility index (Phi) is 7.30. The second kappa shape index (κ2) is 10.2. The number of rotatable bonds is 9. The summed E-state index contributed by atoms with van der Waals surface area (Å²) in [6.45, 7) is 1.61. The number of nitrogens with one attached hydrogen (secondary N) is 2. The third kappa shape index (κ3) is 5.13. The van der Waals surface area contributed by atoms with Gasteiger partial charge in [0.1, 0.15) is 11.5 Å². The lowest BCUT2D eigenvalue weighted by Crippen LogP contribution is -2.18. The van der Waals surface area contributed by atoms with Crippen LogP contribution >= 0.6 is 0 Å². The number of carbonyl (C=O) groups excluding carboxylic acids is 1. The van der Waals surface area contributed by atoms with Crippen LogP contribution in [0.5, 0.6) is 0 Å². The molecule has 38 heavy (non-hydrogen) atoms. The van der Waals surface area contributed by atoms with Gasteiger partial charge in [-0.3, -0.25) is 9.52 Å². The largest absolute Gasteiger partial charge is 0.345 e. The molecule has 0 atom stereocenters. The van der Waals surface area contributed by atoms with E-state index >= 15 is 4.39 Å². The Morgan fingerprint density at radius 3 is 2.34 bits per heavy atom. The average Bonchev–Trinajstić information content (AvgIpc) is 3.29. The Labute approximate surface area is 214 Å². The van der Waals surface area contributed by atoms with Gasteiger partial charge in [-0.15, -0.1) is 0 Å². The monoisotopic (exact) mass is 569 g/mol. The summed E-state index contributed by atoms with van der Waals surface area (Å²) in [7, 11) is -8.71. The first-order valence-corrected chi connectivity index (χ1v) is 14.2. The summed E-state index contributed by atoms with van der Waals surface area (Å²) in [4.78, 5) is 19.5. The van der Waals surface area contributed by atoms with Crippen molar-refractivity contribution in [2.75, 3.05) is 10.5 Å². The number of pyridine rings is 1. The molecule has 4 aromatic rings. The molecular weight excluding hydrogens is 550 g/mol. The number of aromatic amines is 1. The van der Waals surface area contributed by atoms with Crippen LogP contribution in [0.25, 0.3) is 22.2 Å². The lowest BCUT2D eigenvalue weighted by molar-refractivity contribution is 0.103. The van der Waals surface area contributed by atoms with Gasteiger partial charge in [0.15, 0.2) is 5.82 Å². The van der Waals surface area contributed by atoms with E-state index in [0.29, 0.717) is 11.1 Å². The van der Waals surface area contributed by atoms with Crippen molar-refractivity contribution in [1.82, 2.24) is 9.97 Å². The molecule has 2 aromatic heterocycles. The molecule has 0 saturated carbocycles. The number of benzene rings is 2. The number of hydrogen-bond donors (Lipinski definition) is 2. The van der Waals surface area contributed by atoms with Gasteiger partial charge in [0.2, 0.25) is 25.6 Å². The van der Waals surface area contributed by atoms with Crippen molar-refractivity contribution in [3.05, 3.63) is 77.6 Å². The molecule has 2 aromatic carbocycles. The summed E-state index contributed by atoms with van der Waals surface area (Å²) in [6, 6.07) is 7.65.